The lowest BCUT2D eigenvalue weighted by atomic mass is 10.0. The van der Waals surface area contributed by atoms with E-state index in [4.69, 9.17) is 13.8 Å². The maximum absolute atomic E-state index is 5.14. The van der Waals surface area contributed by atoms with Crippen LogP contribution in [0, 0.1) is 76.9 Å². The number of furan rings is 2. The molecule has 0 aliphatic heterocycles. The van der Waals surface area contributed by atoms with Crippen molar-refractivity contribution in [2.75, 3.05) is 0 Å². The number of thiophene rings is 2. The Labute approximate surface area is 804 Å². The molecule has 1 aromatic carbocycles. The molecule has 19 heteroatoms. The van der Waals surface area contributed by atoms with E-state index in [2.05, 4.69) is 307 Å². The van der Waals surface area contributed by atoms with Gasteiger partial charge in [-0.2, -0.15) is 11.3 Å². The molecule has 0 radical (unpaired) electrons. The first-order valence-corrected chi connectivity index (χ1v) is 53.0. The normalized spacial score (nSPS) is 11.1. The highest BCUT2D eigenvalue weighted by molar-refractivity contribution is 7.18. The largest absolute Gasteiger partial charge is 0.472 e. The number of hydrogen-bond donors (Lipinski definition) is 0. The smallest absolute Gasteiger partial charge is 0.104 e. The Balaban J connectivity index is 0.000000358. The number of fused-ring (bicyclic) bond motifs is 2. The van der Waals surface area contributed by atoms with Crippen LogP contribution in [0.15, 0.2) is 231 Å². The Morgan fingerprint density at radius 2 is 0.961 bits per heavy atom. The fourth-order valence-electron chi connectivity index (χ4n) is 12.6. The van der Waals surface area contributed by atoms with Gasteiger partial charge >= 0.3 is 0 Å². The summed E-state index contributed by atoms with van der Waals surface area (Å²) in [6.07, 6.45) is 42.9. The van der Waals surface area contributed by atoms with Gasteiger partial charge in [0.2, 0.25) is 0 Å². The Morgan fingerprint density at radius 1 is 0.352 bits per heavy atom. The second-order valence-corrected chi connectivity index (χ2v) is 44.7. The molecule has 0 bridgehead atoms. The molecule has 15 rings (SSSR count). The van der Waals surface area contributed by atoms with E-state index in [0.717, 1.165) is 129 Å². The first-order chi connectivity index (χ1) is 61.2. The maximum Gasteiger partial charge on any atom is 0.104 e. The summed E-state index contributed by atoms with van der Waals surface area (Å²) in [5, 5.41) is 14.5. The quantitative estimate of drug-likeness (QED) is 0.0510. The van der Waals surface area contributed by atoms with Gasteiger partial charge in [0.05, 0.1) is 72.8 Å². The Kier molecular flexibility index (Phi) is 62.6. The molecule has 128 heavy (non-hydrogen) atoms. The van der Waals surface area contributed by atoms with Crippen LogP contribution in [-0.4, -0.2) is 49.4 Å². The molecule has 1 aliphatic carbocycles. The summed E-state index contributed by atoms with van der Waals surface area (Å²) in [6.45, 7) is 58.8. The van der Waals surface area contributed by atoms with Crippen LogP contribution in [-0.2, 0) is 96.4 Å². The van der Waals surface area contributed by atoms with Crippen molar-refractivity contribution >= 4 is 89.6 Å². The number of benzene rings is 1. The lowest BCUT2D eigenvalue weighted by Gasteiger charge is -2.06. The van der Waals surface area contributed by atoms with Crippen molar-refractivity contribution in [1.82, 2.24) is 49.4 Å². The zero-order valence-electron chi connectivity index (χ0n) is 83.0. The predicted molar refractivity (Wildman–Crippen MR) is 563 cm³/mol. The van der Waals surface area contributed by atoms with Gasteiger partial charge < -0.3 is 13.4 Å². The highest BCUT2D eigenvalue weighted by atomic mass is 32.1. The van der Waals surface area contributed by atoms with Gasteiger partial charge in [0.25, 0.3) is 0 Å². The molecule has 13 aromatic heterocycles. The molecule has 0 saturated carbocycles. The van der Waals surface area contributed by atoms with Gasteiger partial charge in [0.15, 0.2) is 0 Å². The molecular formula is C109H162N10O2S7. The van der Waals surface area contributed by atoms with Crippen molar-refractivity contribution in [3.8, 4) is 0 Å². The van der Waals surface area contributed by atoms with Crippen LogP contribution in [0.25, 0.3) is 10.2 Å². The van der Waals surface area contributed by atoms with E-state index >= 15 is 0 Å². The number of nitrogens with zero attached hydrogens (tertiary/aromatic N) is 10. The van der Waals surface area contributed by atoms with Crippen molar-refractivity contribution in [1.29, 1.82) is 0 Å². The molecule has 702 valence electrons. The molecule has 13 heterocycles. The highest BCUT2D eigenvalue weighted by Gasteiger charge is 2.16. The number of thiazole rings is 5. The summed E-state index contributed by atoms with van der Waals surface area (Å²) in [6, 6.07) is 35.1. The van der Waals surface area contributed by atoms with E-state index in [-0.39, 0.29) is 0 Å². The van der Waals surface area contributed by atoms with Crippen LogP contribution in [0.4, 0.5) is 0 Å². The minimum Gasteiger partial charge on any atom is -0.472 e. The molecule has 0 atom stereocenters. The van der Waals surface area contributed by atoms with E-state index in [1.807, 2.05) is 155 Å². The number of hydrogen-bond acceptors (Lipinski definition) is 18. The van der Waals surface area contributed by atoms with E-state index in [9.17, 15) is 0 Å². The van der Waals surface area contributed by atoms with Crippen molar-refractivity contribution < 1.29 is 8.83 Å². The predicted octanol–water partition coefficient (Wildman–Crippen LogP) is 33.0. The molecule has 0 saturated heterocycles. The van der Waals surface area contributed by atoms with Gasteiger partial charge in [-0.3, -0.25) is 19.9 Å². The fourth-order valence-corrected chi connectivity index (χ4v) is 18.9. The first kappa shape index (κ1) is 114. The van der Waals surface area contributed by atoms with Gasteiger partial charge in [-0.1, -0.05) is 210 Å². The first-order valence-electron chi connectivity index (χ1n) is 46.8. The summed E-state index contributed by atoms with van der Waals surface area (Å²) in [5.41, 5.74) is 14.2. The number of aryl methyl sites for hydroxylation is 2. The van der Waals surface area contributed by atoms with Crippen LogP contribution in [0.5, 0.6) is 0 Å². The van der Waals surface area contributed by atoms with E-state index in [0.29, 0.717) is 23.7 Å². The summed E-state index contributed by atoms with van der Waals surface area (Å²) >= 11 is 12.6. The lowest BCUT2D eigenvalue weighted by Crippen LogP contribution is -2.00. The highest BCUT2D eigenvalue weighted by Crippen LogP contribution is 2.29. The molecule has 0 N–H and O–H groups in total. The summed E-state index contributed by atoms with van der Waals surface area (Å²) in [5.74, 6) is 10.6. The topological polar surface area (TPSA) is 147 Å². The molecule has 0 fully saturated rings. The van der Waals surface area contributed by atoms with Crippen LogP contribution < -0.4 is 0 Å². The van der Waals surface area contributed by atoms with Crippen molar-refractivity contribution in [3.63, 3.8) is 0 Å². The van der Waals surface area contributed by atoms with Gasteiger partial charge in [0, 0.05) is 119 Å². The van der Waals surface area contributed by atoms with Crippen LogP contribution in [0.3, 0.4) is 0 Å². The van der Waals surface area contributed by atoms with Gasteiger partial charge in [-0.25, -0.2) is 24.9 Å². The number of para-hydroxylation sites is 1. The van der Waals surface area contributed by atoms with E-state index in [1.54, 1.807) is 69.0 Å². The van der Waals surface area contributed by atoms with Gasteiger partial charge in [0.1, 0.15) is 5.76 Å². The third-order valence-corrected chi connectivity index (χ3v) is 23.8. The van der Waals surface area contributed by atoms with Gasteiger partial charge in [-0.15, -0.1) is 68.0 Å². The Morgan fingerprint density at radius 3 is 1.46 bits per heavy atom. The minimum atomic E-state index is 0.691. The third kappa shape index (κ3) is 61.8. The molecule has 0 amide bonds. The second-order valence-electron chi connectivity index (χ2n) is 37.9. The lowest BCUT2D eigenvalue weighted by molar-refractivity contribution is 0.472. The zero-order chi connectivity index (χ0) is 94.2. The van der Waals surface area contributed by atoms with E-state index in [1.165, 1.54) is 114 Å². The number of rotatable bonds is 26. The van der Waals surface area contributed by atoms with Crippen molar-refractivity contribution in [2.24, 2.45) is 76.9 Å². The molecule has 14 aromatic rings. The minimum absolute atomic E-state index is 0.691. The van der Waals surface area contributed by atoms with Crippen LogP contribution in [0.2, 0.25) is 0 Å². The van der Waals surface area contributed by atoms with Crippen LogP contribution in [0.1, 0.15) is 268 Å². The monoisotopic (exact) mass is 1870 g/mol. The molecule has 0 spiro atoms. The summed E-state index contributed by atoms with van der Waals surface area (Å²) in [4.78, 5) is 42.2. The second kappa shape index (κ2) is 70.1. The summed E-state index contributed by atoms with van der Waals surface area (Å²) < 4.78 is 13.5. The van der Waals surface area contributed by atoms with Crippen LogP contribution >= 0.6 is 79.4 Å². The van der Waals surface area contributed by atoms with Gasteiger partial charge in [-0.05, 0) is 265 Å². The number of pyridine rings is 3. The summed E-state index contributed by atoms with van der Waals surface area (Å²) in [7, 11) is 0. The molecular weight excluding hydrogens is 1710 g/mol. The van der Waals surface area contributed by atoms with Crippen molar-refractivity contribution in [2.45, 2.75) is 289 Å². The number of imidazole rings is 1. The maximum atomic E-state index is 5.14. The third-order valence-electron chi connectivity index (χ3n) is 17.7. The van der Waals surface area contributed by atoms with Crippen molar-refractivity contribution in [3.05, 3.63) is 297 Å². The average molecular weight is 1870 g/mol. The molecule has 12 nitrogen and oxygen atoms in total. The van der Waals surface area contributed by atoms with E-state index < -0.39 is 0 Å². The molecule has 0 unspecified atom stereocenters. The zero-order valence-corrected chi connectivity index (χ0v) is 88.8. The number of aromatic nitrogens is 10. The Hall–Kier alpha value is -7.75. The average Bonchev–Trinajstić information content (AvgIpc) is 1.71. The fraction of sp³-hybridized carbons (Fsp3) is 0.514. The Bertz CT molecular complexity index is 4020. The standard InChI is InChI=1S/C11H17NS.C11H13NS.3C9H13N.2C8H12O.2C8H12S.C7H12N2.3C7H11NS/c2*1-8(2)7-11-12-9-5-3-4-6-10(9)13-11;1-8(2)7-9-3-5-10-6-4-9;1-8(2)6-9-4-3-5-10-7-9;1-8(2)7-9-5-3-4-6-10-9;1-7(2)5-8-3-4-9-6-8;1-7(2)6-8-4-3-5-9-8;1-7(2)5-8-3-4-9-6-8;1-7(2)6-8-4-3-5-9-8;1-7(2)5-9-4-3-8-6-9;1-6(2)3-7-4-9-5-8-7;1-6(2)3-7-4-8-5-9-7;1-6(2)5-7-8-3-4-9-7/h8H,3-7H2,1-2H3;3-6,8H,7H2,1-2H3;3-6,8H,7H2,1-2H3;3-5,7-8H,6H2,1-2H3;3-6,8H,7H2,1-2H3;3-4,6-7H,5H2,1-2H3;3-5,7H,6H2,1-2H3;3-4,6-7H,5H2,1-2H3;3-5,7H,6H2,1-2H3;3-4,6-7H,5H2,1-2H3;2*4-6H,3H2,1-2H3;3-4,6H,5H2,1-2H3. The molecule has 1 aliphatic rings. The SMILES string of the molecule is CC(C)Cc1ccccn1.CC(C)Cc1cccnc1.CC(C)Cc1ccco1.CC(C)Cc1cccs1.CC(C)Cc1ccncc1.CC(C)Cc1ccoc1.CC(C)Cc1ccsc1.CC(C)Cc1cncs1.CC(C)Cc1cscn1.CC(C)Cc1nc2c(s1)CCCC2.CC(C)Cc1nc2ccccc2s1.CC(C)Cc1nccs1.CC(C)Cn1ccnc1.